The minimum atomic E-state index is -0.953. The fraction of sp³-hybridized carbons (Fsp3) is 0.150. The summed E-state index contributed by atoms with van der Waals surface area (Å²) in [7, 11) is 1.92. The predicted molar refractivity (Wildman–Crippen MR) is 109 cm³/mol. The molecule has 8 nitrogen and oxygen atoms in total. The first-order valence-electron chi connectivity index (χ1n) is 8.88. The molecule has 0 radical (unpaired) electrons. The molecule has 4 rings (SSSR count). The van der Waals surface area contributed by atoms with Crippen LogP contribution in [-0.4, -0.2) is 40.8 Å². The molecule has 4 aromatic rings. The number of carboxylic acids is 1. The zero-order valence-electron chi connectivity index (χ0n) is 15.8. The molecule has 0 saturated heterocycles. The lowest BCUT2D eigenvalue weighted by atomic mass is 10.1. The lowest BCUT2D eigenvalue weighted by Crippen LogP contribution is -1.98. The Morgan fingerprint density at radius 2 is 1.93 bits per heavy atom. The largest absolute Gasteiger partial charge is 0.478 e. The van der Waals surface area contributed by atoms with Crippen LogP contribution in [0.2, 0.25) is 0 Å². The summed E-state index contributed by atoms with van der Waals surface area (Å²) in [6.45, 7) is 2.12. The van der Waals surface area contributed by atoms with Crippen LogP contribution < -0.4 is 0 Å². The monoisotopic (exact) mass is 406 g/mol. The Labute approximate surface area is 171 Å². The fourth-order valence-electron chi connectivity index (χ4n) is 2.83. The molecule has 2 heterocycles. The van der Waals surface area contributed by atoms with Gasteiger partial charge in [-0.05, 0) is 36.8 Å². The number of aromatic carboxylic acids is 1. The van der Waals surface area contributed by atoms with Crippen LogP contribution in [0.25, 0.3) is 16.9 Å². The molecule has 29 heavy (non-hydrogen) atoms. The van der Waals surface area contributed by atoms with Gasteiger partial charge in [0.1, 0.15) is 12.0 Å². The van der Waals surface area contributed by atoms with E-state index in [2.05, 4.69) is 39.6 Å². The van der Waals surface area contributed by atoms with Crippen molar-refractivity contribution in [2.24, 2.45) is 7.05 Å². The van der Waals surface area contributed by atoms with Crippen LogP contribution in [-0.2, 0) is 7.05 Å². The van der Waals surface area contributed by atoms with Crippen molar-refractivity contribution in [1.29, 1.82) is 0 Å². The number of hydrogen-bond acceptors (Lipinski definition) is 6. The molecule has 0 saturated carbocycles. The van der Waals surface area contributed by atoms with Crippen molar-refractivity contribution in [3.8, 4) is 16.9 Å². The second-order valence-corrected chi connectivity index (χ2v) is 7.82. The average Bonchev–Trinajstić information content (AvgIpc) is 3.38. The van der Waals surface area contributed by atoms with Crippen LogP contribution in [0.3, 0.4) is 0 Å². The number of nitrogens with zero attached hydrogens (tertiary/aromatic N) is 6. The van der Waals surface area contributed by atoms with Gasteiger partial charge in [-0.2, -0.15) is 0 Å². The molecule has 146 valence electrons. The fourth-order valence-corrected chi connectivity index (χ4v) is 3.74. The third kappa shape index (κ3) is 4.04. The summed E-state index contributed by atoms with van der Waals surface area (Å²) in [5.41, 5.74) is 3.76. The third-order valence-corrected chi connectivity index (χ3v) is 5.68. The maximum Gasteiger partial charge on any atom is 0.335 e. The Bertz CT molecular complexity index is 1150. The summed E-state index contributed by atoms with van der Waals surface area (Å²) in [5, 5.41) is 26.6. The van der Waals surface area contributed by atoms with E-state index in [-0.39, 0.29) is 10.8 Å². The summed E-state index contributed by atoms with van der Waals surface area (Å²) in [6, 6.07) is 14.7. The van der Waals surface area contributed by atoms with E-state index in [1.54, 1.807) is 47.0 Å². The number of rotatable bonds is 6. The first-order chi connectivity index (χ1) is 14.0. The number of aryl methyl sites for hydroxylation is 1. The van der Waals surface area contributed by atoms with E-state index in [9.17, 15) is 4.79 Å². The molecule has 0 fully saturated rings. The summed E-state index contributed by atoms with van der Waals surface area (Å²) >= 11 is 1.64. The number of aromatic nitrogens is 6. The molecule has 1 N–H and O–H groups in total. The van der Waals surface area contributed by atoms with Crippen molar-refractivity contribution in [3.63, 3.8) is 0 Å². The molecular formula is C20H18N6O2S. The van der Waals surface area contributed by atoms with Gasteiger partial charge in [0.05, 0.1) is 17.4 Å². The first kappa shape index (κ1) is 18.9. The Balaban J connectivity index is 1.56. The average molecular weight is 406 g/mol. The van der Waals surface area contributed by atoms with Crippen molar-refractivity contribution in [1.82, 2.24) is 29.8 Å². The van der Waals surface area contributed by atoms with E-state index in [4.69, 9.17) is 5.11 Å². The standard InChI is InChI=1S/C20H18N6O2S/c1-13(29-20-23-21-12-25(20)2)16-4-3-5-17(10-16)26-11-18(22-24-26)14-6-8-15(9-7-14)19(27)28/h3-13H,1-2H3,(H,27,28)/t13-/m0/s1. The quantitative estimate of drug-likeness (QED) is 0.488. The molecular weight excluding hydrogens is 388 g/mol. The van der Waals surface area contributed by atoms with Crippen LogP contribution in [0.1, 0.15) is 28.1 Å². The Morgan fingerprint density at radius 3 is 2.62 bits per heavy atom. The van der Waals surface area contributed by atoms with Gasteiger partial charge in [-0.1, -0.05) is 41.2 Å². The van der Waals surface area contributed by atoms with Crippen molar-refractivity contribution in [2.45, 2.75) is 17.3 Å². The van der Waals surface area contributed by atoms with Gasteiger partial charge in [-0.25, -0.2) is 9.48 Å². The molecule has 0 spiro atoms. The lowest BCUT2D eigenvalue weighted by Gasteiger charge is -2.12. The Kier molecular flexibility index (Phi) is 5.13. The highest BCUT2D eigenvalue weighted by Crippen LogP contribution is 2.33. The van der Waals surface area contributed by atoms with Crippen molar-refractivity contribution in [3.05, 3.63) is 72.2 Å². The predicted octanol–water partition coefficient (Wildman–Crippen LogP) is 3.61. The summed E-state index contributed by atoms with van der Waals surface area (Å²) in [4.78, 5) is 11.0. The molecule has 1 atom stereocenters. The highest BCUT2D eigenvalue weighted by atomic mass is 32.2. The SMILES string of the molecule is C[C@H](Sc1nncn1C)c1cccc(-n2cc(-c3ccc(C(=O)O)cc3)nn2)c1. The van der Waals surface area contributed by atoms with E-state index >= 15 is 0 Å². The van der Waals surface area contributed by atoms with E-state index < -0.39 is 5.97 Å². The van der Waals surface area contributed by atoms with E-state index in [1.807, 2.05) is 29.9 Å². The van der Waals surface area contributed by atoms with Crippen LogP contribution in [0.15, 0.2) is 66.2 Å². The van der Waals surface area contributed by atoms with Gasteiger partial charge in [0.25, 0.3) is 0 Å². The van der Waals surface area contributed by atoms with Crippen LogP contribution in [0, 0.1) is 0 Å². The zero-order valence-corrected chi connectivity index (χ0v) is 16.6. The number of benzene rings is 2. The summed E-state index contributed by atoms with van der Waals surface area (Å²) in [5.74, 6) is -0.953. The van der Waals surface area contributed by atoms with Gasteiger partial charge in [0.2, 0.25) is 0 Å². The van der Waals surface area contributed by atoms with Crippen LogP contribution in [0.5, 0.6) is 0 Å². The highest BCUT2D eigenvalue weighted by molar-refractivity contribution is 7.99. The van der Waals surface area contributed by atoms with Gasteiger partial charge in [-0.15, -0.1) is 15.3 Å². The van der Waals surface area contributed by atoms with Gasteiger partial charge < -0.3 is 9.67 Å². The molecule has 2 aromatic carbocycles. The molecule has 0 aliphatic rings. The molecule has 0 aliphatic carbocycles. The van der Waals surface area contributed by atoms with Crippen LogP contribution in [0.4, 0.5) is 0 Å². The summed E-state index contributed by atoms with van der Waals surface area (Å²) in [6.07, 6.45) is 3.51. The van der Waals surface area contributed by atoms with Crippen molar-refractivity contribution in [2.75, 3.05) is 0 Å². The number of hydrogen-bond donors (Lipinski definition) is 1. The normalized spacial score (nSPS) is 12.1. The maximum absolute atomic E-state index is 11.0. The molecule has 9 heteroatoms. The minimum Gasteiger partial charge on any atom is -0.478 e. The maximum atomic E-state index is 11.0. The van der Waals surface area contributed by atoms with Gasteiger partial charge in [-0.3, -0.25) is 0 Å². The molecule has 0 unspecified atom stereocenters. The topological polar surface area (TPSA) is 98.7 Å². The zero-order chi connectivity index (χ0) is 20.4. The first-order valence-corrected chi connectivity index (χ1v) is 9.76. The van der Waals surface area contributed by atoms with Crippen molar-refractivity contribution < 1.29 is 9.90 Å². The lowest BCUT2D eigenvalue weighted by molar-refractivity contribution is 0.0697. The van der Waals surface area contributed by atoms with Crippen molar-refractivity contribution >= 4 is 17.7 Å². The highest BCUT2D eigenvalue weighted by Gasteiger charge is 2.13. The van der Waals surface area contributed by atoms with E-state index in [0.29, 0.717) is 5.69 Å². The van der Waals surface area contributed by atoms with Crippen LogP contribution >= 0.6 is 11.8 Å². The second kappa shape index (κ2) is 7.88. The summed E-state index contributed by atoms with van der Waals surface area (Å²) < 4.78 is 3.61. The number of thioether (sulfide) groups is 1. The Hall–Kier alpha value is -3.46. The van der Waals surface area contributed by atoms with Gasteiger partial charge >= 0.3 is 5.97 Å². The number of carboxylic acid groups (broad SMARTS) is 1. The molecule has 0 aliphatic heterocycles. The third-order valence-electron chi connectivity index (χ3n) is 4.48. The smallest absolute Gasteiger partial charge is 0.335 e. The molecule has 2 aromatic heterocycles. The molecule has 0 amide bonds. The minimum absolute atomic E-state index is 0.185. The van der Waals surface area contributed by atoms with E-state index in [1.165, 1.54) is 0 Å². The van der Waals surface area contributed by atoms with Gasteiger partial charge in [0.15, 0.2) is 5.16 Å². The Morgan fingerprint density at radius 1 is 1.14 bits per heavy atom. The molecule has 0 bridgehead atoms. The van der Waals surface area contributed by atoms with E-state index in [0.717, 1.165) is 22.0 Å². The van der Waals surface area contributed by atoms with Gasteiger partial charge in [0, 0.05) is 17.9 Å². The number of carbonyl (C=O) groups is 1. The second-order valence-electron chi connectivity index (χ2n) is 6.51.